The van der Waals surface area contributed by atoms with E-state index in [0.29, 0.717) is 17.7 Å². The van der Waals surface area contributed by atoms with Crippen LogP contribution in [0.3, 0.4) is 0 Å². The van der Waals surface area contributed by atoms with Gasteiger partial charge in [0, 0.05) is 24.8 Å². The smallest absolute Gasteiger partial charge is 0.248 e. The van der Waals surface area contributed by atoms with Gasteiger partial charge in [0.15, 0.2) is 0 Å². The zero-order chi connectivity index (χ0) is 13.2. The molecule has 2 atom stereocenters. The molecular weight excluding hydrogens is 240 g/mol. The van der Waals surface area contributed by atoms with Crippen LogP contribution in [0.2, 0.25) is 0 Å². The van der Waals surface area contributed by atoms with Crippen molar-refractivity contribution in [2.75, 3.05) is 6.61 Å². The number of hydrogen-bond donors (Lipinski definition) is 2. The molecule has 1 amide bonds. The summed E-state index contributed by atoms with van der Waals surface area (Å²) in [6.07, 6.45) is 4.08. The fraction of sp³-hybridized carbons (Fsp3) is 0.533. The van der Waals surface area contributed by atoms with E-state index in [0.717, 1.165) is 31.1 Å². The number of hydrogen-bond acceptors (Lipinski definition) is 3. The first-order valence-corrected chi connectivity index (χ1v) is 6.98. The maximum atomic E-state index is 11.1. The number of benzene rings is 1. The summed E-state index contributed by atoms with van der Waals surface area (Å²) in [5, 5.41) is 3.56. The molecule has 3 rings (SSSR count). The first-order chi connectivity index (χ1) is 9.24. The van der Waals surface area contributed by atoms with Crippen LogP contribution in [0.4, 0.5) is 0 Å². The van der Waals surface area contributed by atoms with Gasteiger partial charge in [-0.3, -0.25) is 4.79 Å². The van der Waals surface area contributed by atoms with Crippen LogP contribution >= 0.6 is 0 Å². The molecule has 1 heterocycles. The normalized spacial score (nSPS) is 26.5. The summed E-state index contributed by atoms with van der Waals surface area (Å²) in [6.45, 7) is 1.62. The lowest BCUT2D eigenvalue weighted by Gasteiger charge is -2.19. The Hall–Kier alpha value is -1.39. The topological polar surface area (TPSA) is 64.4 Å². The summed E-state index contributed by atoms with van der Waals surface area (Å²) >= 11 is 0. The Bertz CT molecular complexity index is 471. The van der Waals surface area contributed by atoms with E-state index in [4.69, 9.17) is 10.5 Å². The average molecular weight is 260 g/mol. The molecule has 2 fully saturated rings. The van der Waals surface area contributed by atoms with Crippen LogP contribution in [-0.2, 0) is 11.3 Å². The van der Waals surface area contributed by atoms with Gasteiger partial charge in [-0.1, -0.05) is 12.1 Å². The number of carbonyl (C=O) groups is 1. The number of rotatable bonds is 5. The van der Waals surface area contributed by atoms with Crippen LogP contribution in [0.1, 0.15) is 35.2 Å². The molecule has 1 aromatic carbocycles. The van der Waals surface area contributed by atoms with Crippen molar-refractivity contribution in [3.63, 3.8) is 0 Å². The summed E-state index contributed by atoms with van der Waals surface area (Å²) in [6, 6.07) is 7.95. The lowest BCUT2D eigenvalue weighted by Crippen LogP contribution is -2.37. The van der Waals surface area contributed by atoms with Crippen molar-refractivity contribution in [2.45, 2.75) is 38.0 Å². The first-order valence-electron chi connectivity index (χ1n) is 6.98. The van der Waals surface area contributed by atoms with Crippen LogP contribution in [0.25, 0.3) is 0 Å². The van der Waals surface area contributed by atoms with Crippen molar-refractivity contribution in [1.29, 1.82) is 0 Å². The lowest BCUT2D eigenvalue weighted by atomic mass is 10.1. The Morgan fingerprint density at radius 1 is 1.37 bits per heavy atom. The second-order valence-electron chi connectivity index (χ2n) is 5.51. The summed E-state index contributed by atoms with van der Waals surface area (Å²) < 4.78 is 5.80. The van der Waals surface area contributed by atoms with Gasteiger partial charge in [0.2, 0.25) is 5.91 Å². The number of nitrogens with one attached hydrogen (secondary N) is 1. The standard InChI is InChI=1S/C15H20N2O2/c16-15(18)12-3-1-2-10(8-12)9-17-13-6-7-19-14(13)11-4-5-11/h1-3,8,11,13-14,17H,4-7,9H2,(H2,16,18). The molecule has 0 spiro atoms. The number of primary amides is 1. The Kier molecular flexibility index (Phi) is 3.53. The molecule has 1 aliphatic heterocycles. The highest BCUT2D eigenvalue weighted by Crippen LogP contribution is 2.38. The summed E-state index contributed by atoms with van der Waals surface area (Å²) in [5.41, 5.74) is 6.96. The summed E-state index contributed by atoms with van der Waals surface area (Å²) in [7, 11) is 0. The Morgan fingerprint density at radius 2 is 2.21 bits per heavy atom. The zero-order valence-corrected chi connectivity index (χ0v) is 11.0. The Balaban J connectivity index is 1.59. The molecule has 1 aliphatic carbocycles. The van der Waals surface area contributed by atoms with Crippen molar-refractivity contribution < 1.29 is 9.53 Å². The van der Waals surface area contributed by atoms with E-state index in [9.17, 15) is 4.79 Å². The maximum Gasteiger partial charge on any atom is 0.248 e. The predicted octanol–water partition coefficient (Wildman–Crippen LogP) is 1.44. The Labute approximate surface area is 113 Å². The van der Waals surface area contributed by atoms with Crippen molar-refractivity contribution >= 4 is 5.91 Å². The van der Waals surface area contributed by atoms with Crippen LogP contribution in [-0.4, -0.2) is 24.7 Å². The summed E-state index contributed by atoms with van der Waals surface area (Å²) in [5.74, 6) is 0.388. The molecule has 0 aromatic heterocycles. The number of ether oxygens (including phenoxy) is 1. The fourth-order valence-corrected chi connectivity index (χ4v) is 2.80. The predicted molar refractivity (Wildman–Crippen MR) is 72.7 cm³/mol. The SMILES string of the molecule is NC(=O)c1cccc(CNC2CCOC2C2CC2)c1. The minimum Gasteiger partial charge on any atom is -0.376 e. The van der Waals surface area contributed by atoms with Gasteiger partial charge in [-0.25, -0.2) is 0 Å². The van der Waals surface area contributed by atoms with E-state index >= 15 is 0 Å². The Morgan fingerprint density at radius 3 is 2.95 bits per heavy atom. The third-order valence-electron chi connectivity index (χ3n) is 4.00. The van der Waals surface area contributed by atoms with Crippen LogP contribution in [0.15, 0.2) is 24.3 Å². The molecular formula is C15H20N2O2. The first kappa shape index (κ1) is 12.6. The minimum absolute atomic E-state index is 0.373. The number of nitrogens with two attached hydrogens (primary N) is 1. The monoisotopic (exact) mass is 260 g/mol. The van der Waals surface area contributed by atoms with Gasteiger partial charge >= 0.3 is 0 Å². The molecule has 2 aliphatic rings. The number of carbonyl (C=O) groups excluding carboxylic acids is 1. The van der Waals surface area contributed by atoms with Crippen molar-refractivity contribution in [1.82, 2.24) is 5.32 Å². The molecule has 4 heteroatoms. The van der Waals surface area contributed by atoms with Crippen molar-refractivity contribution in [3.05, 3.63) is 35.4 Å². The molecule has 1 saturated carbocycles. The average Bonchev–Trinajstić information content (AvgIpc) is 3.16. The van der Waals surface area contributed by atoms with Gasteiger partial charge in [0.05, 0.1) is 6.10 Å². The van der Waals surface area contributed by atoms with Gasteiger partial charge in [-0.05, 0) is 42.9 Å². The molecule has 1 saturated heterocycles. The van der Waals surface area contributed by atoms with Gasteiger partial charge in [0.1, 0.15) is 0 Å². The molecule has 3 N–H and O–H groups in total. The van der Waals surface area contributed by atoms with E-state index in [2.05, 4.69) is 5.32 Å². The van der Waals surface area contributed by atoms with Crippen LogP contribution < -0.4 is 11.1 Å². The van der Waals surface area contributed by atoms with Crippen molar-refractivity contribution in [3.8, 4) is 0 Å². The van der Waals surface area contributed by atoms with E-state index < -0.39 is 0 Å². The molecule has 0 bridgehead atoms. The molecule has 2 unspecified atom stereocenters. The molecule has 1 aromatic rings. The molecule has 4 nitrogen and oxygen atoms in total. The van der Waals surface area contributed by atoms with Crippen LogP contribution in [0.5, 0.6) is 0 Å². The van der Waals surface area contributed by atoms with Crippen molar-refractivity contribution in [2.24, 2.45) is 11.7 Å². The largest absolute Gasteiger partial charge is 0.376 e. The van der Waals surface area contributed by atoms with E-state index in [1.165, 1.54) is 12.8 Å². The third kappa shape index (κ3) is 2.96. The van der Waals surface area contributed by atoms with Crippen LogP contribution in [0, 0.1) is 5.92 Å². The van der Waals surface area contributed by atoms with Gasteiger partial charge < -0.3 is 15.8 Å². The second-order valence-corrected chi connectivity index (χ2v) is 5.51. The quantitative estimate of drug-likeness (QED) is 0.842. The van der Waals surface area contributed by atoms with E-state index in [-0.39, 0.29) is 5.91 Å². The summed E-state index contributed by atoms with van der Waals surface area (Å²) in [4.78, 5) is 11.1. The molecule has 0 radical (unpaired) electrons. The highest BCUT2D eigenvalue weighted by atomic mass is 16.5. The van der Waals surface area contributed by atoms with E-state index in [1.807, 2.05) is 18.2 Å². The highest BCUT2D eigenvalue weighted by Gasteiger charge is 2.40. The minimum atomic E-state index is -0.373. The maximum absolute atomic E-state index is 11.1. The van der Waals surface area contributed by atoms with Gasteiger partial charge in [-0.15, -0.1) is 0 Å². The van der Waals surface area contributed by atoms with Gasteiger partial charge in [0.25, 0.3) is 0 Å². The second kappa shape index (κ2) is 5.31. The van der Waals surface area contributed by atoms with Gasteiger partial charge in [-0.2, -0.15) is 0 Å². The third-order valence-corrected chi connectivity index (χ3v) is 4.00. The molecule has 19 heavy (non-hydrogen) atoms. The fourth-order valence-electron chi connectivity index (χ4n) is 2.80. The van der Waals surface area contributed by atoms with E-state index in [1.54, 1.807) is 6.07 Å². The lowest BCUT2D eigenvalue weighted by molar-refractivity contribution is 0.0808. The zero-order valence-electron chi connectivity index (χ0n) is 11.0. The highest BCUT2D eigenvalue weighted by molar-refractivity contribution is 5.92. The molecule has 102 valence electrons. The number of amides is 1.